The quantitative estimate of drug-likeness (QED) is 0.829. The lowest BCUT2D eigenvalue weighted by atomic mass is 10.2. The molecule has 2 rings (SSSR count). The molecule has 0 radical (unpaired) electrons. The van der Waals surface area contributed by atoms with Crippen LogP contribution in [0, 0.1) is 0 Å². The van der Waals surface area contributed by atoms with E-state index in [-0.39, 0.29) is 17.9 Å². The van der Waals surface area contributed by atoms with Crippen molar-refractivity contribution in [2.75, 3.05) is 6.61 Å². The van der Waals surface area contributed by atoms with E-state index in [1.807, 2.05) is 0 Å². The Labute approximate surface area is 108 Å². The Bertz CT molecular complexity index is 607. The van der Waals surface area contributed by atoms with E-state index in [0.717, 1.165) is 0 Å². The molecule has 0 spiro atoms. The Morgan fingerprint density at radius 1 is 1.37 bits per heavy atom. The second kappa shape index (κ2) is 5.30. The van der Waals surface area contributed by atoms with Crippen molar-refractivity contribution in [1.29, 1.82) is 0 Å². The third-order valence-corrected chi connectivity index (χ3v) is 2.34. The number of hydrogen-bond donors (Lipinski definition) is 1. The Kier molecular flexibility index (Phi) is 3.56. The molecule has 0 amide bonds. The number of aromatic nitrogens is 3. The molecule has 1 N–H and O–H groups in total. The molecule has 2 aromatic rings. The number of carbonyl (C=O) groups is 2. The molecule has 0 aliphatic heterocycles. The molecule has 19 heavy (non-hydrogen) atoms. The third-order valence-electron chi connectivity index (χ3n) is 2.34. The number of esters is 1. The largest absolute Gasteiger partial charge is 0.478 e. The lowest BCUT2D eigenvalue weighted by Crippen LogP contribution is -2.11. The van der Waals surface area contributed by atoms with E-state index in [0.29, 0.717) is 5.69 Å². The lowest BCUT2D eigenvalue weighted by molar-refractivity contribution is 0.0507. The zero-order chi connectivity index (χ0) is 13.8. The second-order valence-corrected chi connectivity index (χ2v) is 3.57. The predicted molar refractivity (Wildman–Crippen MR) is 64.3 cm³/mol. The SMILES string of the molecule is CCOC(=O)c1nn(-c2ccncc2)cc1C(=O)O. The highest BCUT2D eigenvalue weighted by Gasteiger charge is 2.23. The molecular formula is C12H11N3O4. The standard InChI is InChI=1S/C12H11N3O4/c1-2-19-12(18)10-9(11(16)17)7-15(14-10)8-3-5-13-6-4-8/h3-7H,2H2,1H3,(H,16,17). The minimum atomic E-state index is -1.23. The van der Waals surface area contributed by atoms with Gasteiger partial charge in [0.25, 0.3) is 0 Å². The zero-order valence-corrected chi connectivity index (χ0v) is 10.1. The van der Waals surface area contributed by atoms with Crippen LogP contribution in [0.3, 0.4) is 0 Å². The first-order valence-corrected chi connectivity index (χ1v) is 5.54. The number of carbonyl (C=O) groups excluding carboxylic acids is 1. The molecule has 0 atom stereocenters. The van der Waals surface area contributed by atoms with Crippen LogP contribution in [0.2, 0.25) is 0 Å². The van der Waals surface area contributed by atoms with Crippen molar-refractivity contribution in [2.24, 2.45) is 0 Å². The summed E-state index contributed by atoms with van der Waals surface area (Å²) < 4.78 is 6.08. The fourth-order valence-electron chi connectivity index (χ4n) is 1.51. The Morgan fingerprint density at radius 2 is 2.05 bits per heavy atom. The first-order chi connectivity index (χ1) is 9.13. The number of aromatic carboxylic acids is 1. The monoisotopic (exact) mass is 261 g/mol. The molecule has 0 bridgehead atoms. The fourth-order valence-corrected chi connectivity index (χ4v) is 1.51. The molecular weight excluding hydrogens is 250 g/mol. The molecule has 7 nitrogen and oxygen atoms in total. The van der Waals surface area contributed by atoms with Crippen LogP contribution in [0.1, 0.15) is 27.8 Å². The molecule has 0 aliphatic rings. The van der Waals surface area contributed by atoms with Crippen molar-refractivity contribution in [2.45, 2.75) is 6.92 Å². The first kappa shape index (κ1) is 12.7. The normalized spacial score (nSPS) is 10.2. The maximum Gasteiger partial charge on any atom is 0.359 e. The van der Waals surface area contributed by atoms with E-state index in [2.05, 4.69) is 10.1 Å². The number of carboxylic acid groups (broad SMARTS) is 1. The van der Waals surface area contributed by atoms with Crippen molar-refractivity contribution >= 4 is 11.9 Å². The van der Waals surface area contributed by atoms with E-state index in [1.54, 1.807) is 31.5 Å². The van der Waals surface area contributed by atoms with E-state index >= 15 is 0 Å². The average Bonchev–Trinajstić information content (AvgIpc) is 2.85. The van der Waals surface area contributed by atoms with Crippen LogP contribution in [-0.2, 0) is 4.74 Å². The predicted octanol–water partition coefficient (Wildman–Crippen LogP) is 1.14. The van der Waals surface area contributed by atoms with Gasteiger partial charge in [0.1, 0.15) is 5.56 Å². The topological polar surface area (TPSA) is 94.3 Å². The van der Waals surface area contributed by atoms with Crippen molar-refractivity contribution in [3.63, 3.8) is 0 Å². The summed E-state index contributed by atoms with van der Waals surface area (Å²) in [5, 5.41) is 13.0. The van der Waals surface area contributed by atoms with E-state index in [1.165, 1.54) is 10.9 Å². The van der Waals surface area contributed by atoms with Gasteiger partial charge in [0, 0.05) is 18.6 Å². The van der Waals surface area contributed by atoms with E-state index < -0.39 is 11.9 Å². The van der Waals surface area contributed by atoms with Crippen molar-refractivity contribution in [3.8, 4) is 5.69 Å². The van der Waals surface area contributed by atoms with Gasteiger partial charge in [0.15, 0.2) is 5.69 Å². The van der Waals surface area contributed by atoms with Gasteiger partial charge in [-0.2, -0.15) is 5.10 Å². The highest BCUT2D eigenvalue weighted by molar-refractivity contribution is 6.00. The summed E-state index contributed by atoms with van der Waals surface area (Å²) in [7, 11) is 0. The highest BCUT2D eigenvalue weighted by atomic mass is 16.5. The minimum Gasteiger partial charge on any atom is -0.478 e. The van der Waals surface area contributed by atoms with Gasteiger partial charge in [-0.3, -0.25) is 4.98 Å². The van der Waals surface area contributed by atoms with Crippen LogP contribution < -0.4 is 0 Å². The summed E-state index contributed by atoms with van der Waals surface area (Å²) in [5.74, 6) is -1.99. The second-order valence-electron chi connectivity index (χ2n) is 3.57. The van der Waals surface area contributed by atoms with Crippen LogP contribution in [0.5, 0.6) is 0 Å². The van der Waals surface area contributed by atoms with Gasteiger partial charge in [-0.25, -0.2) is 14.3 Å². The van der Waals surface area contributed by atoms with Crippen LogP contribution in [0.15, 0.2) is 30.7 Å². The zero-order valence-electron chi connectivity index (χ0n) is 10.1. The molecule has 2 aromatic heterocycles. The smallest absolute Gasteiger partial charge is 0.359 e. The molecule has 0 saturated carbocycles. The van der Waals surface area contributed by atoms with Gasteiger partial charge in [0.2, 0.25) is 0 Å². The summed E-state index contributed by atoms with van der Waals surface area (Å²) in [6, 6.07) is 3.29. The molecule has 0 saturated heterocycles. The maximum atomic E-state index is 11.6. The summed E-state index contributed by atoms with van der Waals surface area (Å²) in [6.07, 6.45) is 4.35. The van der Waals surface area contributed by atoms with E-state index in [9.17, 15) is 9.59 Å². The molecule has 98 valence electrons. The maximum absolute atomic E-state index is 11.6. The summed E-state index contributed by atoms with van der Waals surface area (Å²) in [5.41, 5.74) is 0.189. The number of hydrogen-bond acceptors (Lipinski definition) is 5. The molecule has 0 fully saturated rings. The number of ether oxygens (including phenoxy) is 1. The summed E-state index contributed by atoms with van der Waals surface area (Å²) in [4.78, 5) is 26.6. The van der Waals surface area contributed by atoms with E-state index in [4.69, 9.17) is 9.84 Å². The molecule has 7 heteroatoms. The van der Waals surface area contributed by atoms with Crippen LogP contribution >= 0.6 is 0 Å². The fraction of sp³-hybridized carbons (Fsp3) is 0.167. The van der Waals surface area contributed by atoms with Crippen LogP contribution in [-0.4, -0.2) is 38.4 Å². The first-order valence-electron chi connectivity index (χ1n) is 5.54. The van der Waals surface area contributed by atoms with Crippen molar-refractivity contribution in [1.82, 2.24) is 14.8 Å². The van der Waals surface area contributed by atoms with Gasteiger partial charge in [-0.1, -0.05) is 0 Å². The van der Waals surface area contributed by atoms with Crippen molar-refractivity contribution in [3.05, 3.63) is 42.0 Å². The number of pyridine rings is 1. The van der Waals surface area contributed by atoms with Gasteiger partial charge in [0.05, 0.1) is 12.3 Å². The molecule has 0 aromatic carbocycles. The van der Waals surface area contributed by atoms with Gasteiger partial charge in [-0.05, 0) is 19.1 Å². The molecule has 2 heterocycles. The average molecular weight is 261 g/mol. The molecule has 0 unspecified atom stereocenters. The number of carboxylic acids is 1. The summed E-state index contributed by atoms with van der Waals surface area (Å²) in [6.45, 7) is 1.79. The number of nitrogens with zero attached hydrogens (tertiary/aromatic N) is 3. The minimum absolute atomic E-state index is 0.153. The summed E-state index contributed by atoms with van der Waals surface area (Å²) >= 11 is 0. The third kappa shape index (κ3) is 2.59. The Balaban J connectivity index is 2.47. The van der Waals surface area contributed by atoms with Crippen LogP contribution in [0.25, 0.3) is 5.69 Å². The number of rotatable bonds is 4. The van der Waals surface area contributed by atoms with Gasteiger partial charge < -0.3 is 9.84 Å². The highest BCUT2D eigenvalue weighted by Crippen LogP contribution is 2.13. The van der Waals surface area contributed by atoms with Gasteiger partial charge in [-0.15, -0.1) is 0 Å². The van der Waals surface area contributed by atoms with Gasteiger partial charge >= 0.3 is 11.9 Å². The Hall–Kier alpha value is -2.70. The molecule has 0 aliphatic carbocycles. The lowest BCUT2D eigenvalue weighted by Gasteiger charge is -1.99. The van der Waals surface area contributed by atoms with Crippen LogP contribution in [0.4, 0.5) is 0 Å². The van der Waals surface area contributed by atoms with Crippen molar-refractivity contribution < 1.29 is 19.4 Å². The Morgan fingerprint density at radius 3 is 2.63 bits per heavy atom.